The summed E-state index contributed by atoms with van der Waals surface area (Å²) in [4.78, 5) is 0. The average Bonchev–Trinajstić information content (AvgIpc) is 2.21. The molecule has 1 aromatic carbocycles. The van der Waals surface area contributed by atoms with Crippen molar-refractivity contribution in [1.29, 1.82) is 0 Å². The fraction of sp³-hybridized carbons (Fsp3) is 0.500. The third kappa shape index (κ3) is 4.70. The van der Waals surface area contributed by atoms with E-state index < -0.39 is 27.5 Å². The first-order chi connectivity index (χ1) is 8.33. The molecule has 1 rings (SSSR count). The molecule has 0 bridgehead atoms. The molecule has 1 atom stereocenters. The molecule has 0 saturated heterocycles. The third-order valence-electron chi connectivity index (χ3n) is 2.51. The highest BCUT2D eigenvalue weighted by atomic mass is 32.2. The Morgan fingerprint density at radius 3 is 2.28 bits per heavy atom. The van der Waals surface area contributed by atoms with Crippen LogP contribution in [0.4, 0.5) is 8.78 Å². The van der Waals surface area contributed by atoms with E-state index in [1.807, 2.05) is 6.92 Å². The molecule has 0 aliphatic rings. The fourth-order valence-electron chi connectivity index (χ4n) is 1.82. The minimum atomic E-state index is -3.20. The summed E-state index contributed by atoms with van der Waals surface area (Å²) in [6.45, 7) is 2.35. The van der Waals surface area contributed by atoms with Gasteiger partial charge in [0, 0.05) is 17.9 Å². The molecule has 0 radical (unpaired) electrons. The number of likely N-dealkylation sites (N-methyl/N-ethyl adjacent to an activating group) is 1. The van der Waals surface area contributed by atoms with Crippen molar-refractivity contribution in [3.05, 3.63) is 35.4 Å². The van der Waals surface area contributed by atoms with Crippen molar-refractivity contribution < 1.29 is 17.2 Å². The Morgan fingerprint density at radius 1 is 1.28 bits per heavy atom. The highest BCUT2D eigenvalue weighted by Gasteiger charge is 2.18. The molecule has 0 aliphatic carbocycles. The highest BCUT2D eigenvalue weighted by molar-refractivity contribution is 7.90. The fourth-order valence-corrected chi connectivity index (χ4v) is 2.78. The van der Waals surface area contributed by atoms with Gasteiger partial charge >= 0.3 is 0 Å². The molecular weight excluding hydrogens is 260 g/mol. The lowest BCUT2D eigenvalue weighted by atomic mass is 10.1. The monoisotopic (exact) mass is 277 g/mol. The van der Waals surface area contributed by atoms with E-state index in [0.29, 0.717) is 6.54 Å². The highest BCUT2D eigenvalue weighted by Crippen LogP contribution is 2.14. The first kappa shape index (κ1) is 15.0. The predicted octanol–water partition coefficient (Wildman–Crippen LogP) is 1.53. The summed E-state index contributed by atoms with van der Waals surface area (Å²) < 4.78 is 49.4. The number of sulfone groups is 1. The maximum Gasteiger partial charge on any atom is 0.148 e. The van der Waals surface area contributed by atoms with Gasteiger partial charge in [0.15, 0.2) is 0 Å². The van der Waals surface area contributed by atoms with Gasteiger partial charge in [-0.25, -0.2) is 17.2 Å². The Hall–Kier alpha value is -1.01. The van der Waals surface area contributed by atoms with Crippen LogP contribution < -0.4 is 5.32 Å². The van der Waals surface area contributed by atoms with Gasteiger partial charge < -0.3 is 5.32 Å². The smallest absolute Gasteiger partial charge is 0.148 e. The zero-order valence-corrected chi connectivity index (χ0v) is 11.2. The standard InChI is InChI=1S/C12H17F2NO2S/c1-3-15-9(8-18(2,16)17)7-10-11(13)5-4-6-12(10)14/h4-6,9,15H,3,7-8H2,1-2H3. The molecule has 0 fully saturated rings. The van der Waals surface area contributed by atoms with Gasteiger partial charge in [-0.05, 0) is 25.1 Å². The number of benzene rings is 1. The molecule has 0 aliphatic heterocycles. The molecule has 102 valence electrons. The number of rotatable bonds is 6. The molecule has 1 unspecified atom stereocenters. The molecule has 0 heterocycles. The van der Waals surface area contributed by atoms with E-state index in [0.717, 1.165) is 6.26 Å². The summed E-state index contributed by atoms with van der Waals surface area (Å²) in [6, 6.07) is 3.13. The van der Waals surface area contributed by atoms with Crippen molar-refractivity contribution in [2.24, 2.45) is 0 Å². The summed E-state index contributed by atoms with van der Waals surface area (Å²) >= 11 is 0. The minimum Gasteiger partial charge on any atom is -0.313 e. The Morgan fingerprint density at radius 2 is 1.83 bits per heavy atom. The lowest BCUT2D eigenvalue weighted by molar-refractivity contribution is 0.503. The number of halogens is 2. The van der Waals surface area contributed by atoms with Crippen LogP contribution in [0.1, 0.15) is 12.5 Å². The third-order valence-corrected chi connectivity index (χ3v) is 3.52. The van der Waals surface area contributed by atoms with Crippen LogP contribution in [0.25, 0.3) is 0 Å². The predicted molar refractivity (Wildman–Crippen MR) is 67.2 cm³/mol. The average molecular weight is 277 g/mol. The van der Waals surface area contributed by atoms with Crippen LogP contribution in [0.2, 0.25) is 0 Å². The van der Waals surface area contributed by atoms with Crippen LogP contribution in [0.3, 0.4) is 0 Å². The number of hydrogen-bond donors (Lipinski definition) is 1. The zero-order valence-electron chi connectivity index (χ0n) is 10.4. The first-order valence-corrected chi connectivity index (χ1v) is 7.73. The van der Waals surface area contributed by atoms with E-state index in [9.17, 15) is 17.2 Å². The summed E-state index contributed by atoms with van der Waals surface area (Å²) in [5.74, 6) is -1.44. The summed E-state index contributed by atoms with van der Waals surface area (Å²) in [6.07, 6.45) is 1.12. The van der Waals surface area contributed by atoms with Gasteiger partial charge in [0.25, 0.3) is 0 Å². The van der Waals surface area contributed by atoms with Gasteiger partial charge in [-0.15, -0.1) is 0 Å². The largest absolute Gasteiger partial charge is 0.313 e. The Kier molecular flexibility index (Phi) is 5.22. The van der Waals surface area contributed by atoms with Gasteiger partial charge in [-0.2, -0.15) is 0 Å². The van der Waals surface area contributed by atoms with E-state index in [4.69, 9.17) is 0 Å². The molecule has 18 heavy (non-hydrogen) atoms. The Balaban J connectivity index is 2.90. The van der Waals surface area contributed by atoms with Crippen LogP contribution in [0.5, 0.6) is 0 Å². The molecular formula is C12H17F2NO2S. The second kappa shape index (κ2) is 6.24. The molecule has 1 N–H and O–H groups in total. The SMILES string of the molecule is CCNC(Cc1c(F)cccc1F)CS(C)(=O)=O. The van der Waals surface area contributed by atoms with Crippen molar-refractivity contribution in [1.82, 2.24) is 5.32 Å². The quantitative estimate of drug-likeness (QED) is 0.857. The van der Waals surface area contributed by atoms with Crippen molar-refractivity contribution in [2.75, 3.05) is 18.6 Å². The van der Waals surface area contributed by atoms with Gasteiger partial charge in [-0.3, -0.25) is 0 Å². The van der Waals surface area contributed by atoms with Crippen molar-refractivity contribution in [2.45, 2.75) is 19.4 Å². The molecule has 6 heteroatoms. The molecule has 3 nitrogen and oxygen atoms in total. The Bertz CT molecular complexity index is 483. The summed E-state index contributed by atoms with van der Waals surface area (Å²) in [7, 11) is -3.20. The molecule has 0 spiro atoms. The summed E-state index contributed by atoms with van der Waals surface area (Å²) in [5, 5.41) is 2.93. The van der Waals surface area contributed by atoms with E-state index >= 15 is 0 Å². The maximum absolute atomic E-state index is 13.5. The van der Waals surface area contributed by atoms with E-state index in [2.05, 4.69) is 5.32 Å². The second-order valence-electron chi connectivity index (χ2n) is 4.25. The van der Waals surface area contributed by atoms with Crippen LogP contribution in [0, 0.1) is 11.6 Å². The molecule has 1 aromatic rings. The van der Waals surface area contributed by atoms with E-state index in [-0.39, 0.29) is 17.7 Å². The van der Waals surface area contributed by atoms with Crippen molar-refractivity contribution >= 4 is 9.84 Å². The summed E-state index contributed by atoms with van der Waals surface area (Å²) in [5.41, 5.74) is -0.0768. The van der Waals surface area contributed by atoms with Gasteiger partial charge in [0.05, 0.1) is 5.75 Å². The number of nitrogens with one attached hydrogen (secondary N) is 1. The van der Waals surface area contributed by atoms with Crippen LogP contribution >= 0.6 is 0 Å². The van der Waals surface area contributed by atoms with Gasteiger partial charge in [0.1, 0.15) is 21.5 Å². The van der Waals surface area contributed by atoms with E-state index in [1.165, 1.54) is 18.2 Å². The lowest BCUT2D eigenvalue weighted by Gasteiger charge is -2.17. The van der Waals surface area contributed by atoms with Gasteiger partial charge in [0.2, 0.25) is 0 Å². The number of hydrogen-bond acceptors (Lipinski definition) is 3. The van der Waals surface area contributed by atoms with Gasteiger partial charge in [-0.1, -0.05) is 13.0 Å². The first-order valence-electron chi connectivity index (χ1n) is 5.67. The molecule has 0 aromatic heterocycles. The Labute approximate surface area is 106 Å². The zero-order chi connectivity index (χ0) is 13.8. The topological polar surface area (TPSA) is 46.2 Å². The van der Waals surface area contributed by atoms with Crippen molar-refractivity contribution in [3.63, 3.8) is 0 Å². The van der Waals surface area contributed by atoms with Crippen LogP contribution in [-0.2, 0) is 16.3 Å². The maximum atomic E-state index is 13.5. The van der Waals surface area contributed by atoms with Crippen LogP contribution in [-0.4, -0.2) is 33.0 Å². The minimum absolute atomic E-state index is 0.0133. The molecule has 0 saturated carbocycles. The normalized spacial score (nSPS) is 13.6. The molecule has 0 amide bonds. The second-order valence-corrected chi connectivity index (χ2v) is 6.44. The lowest BCUT2D eigenvalue weighted by Crippen LogP contribution is -2.37. The van der Waals surface area contributed by atoms with Crippen molar-refractivity contribution in [3.8, 4) is 0 Å². The van der Waals surface area contributed by atoms with Crippen LogP contribution in [0.15, 0.2) is 18.2 Å². The van der Waals surface area contributed by atoms with E-state index in [1.54, 1.807) is 0 Å².